The van der Waals surface area contributed by atoms with Gasteiger partial charge in [-0.2, -0.15) is 0 Å². The Labute approximate surface area is 346 Å². The van der Waals surface area contributed by atoms with Crippen molar-refractivity contribution in [3.05, 3.63) is 218 Å². The van der Waals surface area contributed by atoms with Gasteiger partial charge in [0.05, 0.1) is 27.6 Å². The molecule has 0 fully saturated rings. The Morgan fingerprint density at radius 2 is 1.03 bits per heavy atom. The van der Waals surface area contributed by atoms with Gasteiger partial charge in [0.1, 0.15) is 11.2 Å². The van der Waals surface area contributed by atoms with Gasteiger partial charge in [-0.1, -0.05) is 146 Å². The van der Waals surface area contributed by atoms with E-state index in [4.69, 9.17) is 4.42 Å². The lowest BCUT2D eigenvalue weighted by molar-refractivity contribution is 0.672. The van der Waals surface area contributed by atoms with E-state index in [9.17, 15) is 5.48 Å². The molecular formula is C56H36N2O. The van der Waals surface area contributed by atoms with Crippen LogP contribution in [-0.2, 0) is 0 Å². The topological polar surface area (TPSA) is 21.3 Å². The predicted octanol–water partition coefficient (Wildman–Crippen LogP) is 15.8. The highest BCUT2D eigenvalue weighted by molar-refractivity contribution is 6.19. The number of anilines is 3. The SMILES string of the molecule is [2H]c1c([2H])c(-n2c3ccccc3c3ccccc32)c([2H])c([2H])c1N(c1ccc(-c2cccc(-c3cccc4ccccc34)c2)cc1)c1cccc2oc3c4ccccc4ccc3c12. The molecule has 59 heavy (non-hydrogen) atoms. The van der Waals surface area contributed by atoms with E-state index in [0.717, 1.165) is 65.6 Å². The van der Waals surface area contributed by atoms with Crippen molar-refractivity contribution in [1.82, 2.24) is 4.57 Å². The van der Waals surface area contributed by atoms with E-state index in [-0.39, 0.29) is 35.5 Å². The first-order valence-corrected chi connectivity index (χ1v) is 19.9. The first kappa shape index (κ1) is 29.4. The van der Waals surface area contributed by atoms with Crippen LogP contribution in [0.15, 0.2) is 223 Å². The maximum atomic E-state index is 9.83. The Morgan fingerprint density at radius 3 is 1.80 bits per heavy atom. The van der Waals surface area contributed by atoms with Crippen LogP contribution in [0, 0.1) is 0 Å². The zero-order valence-electron chi connectivity index (χ0n) is 35.8. The van der Waals surface area contributed by atoms with Crippen molar-refractivity contribution in [2.24, 2.45) is 0 Å². The standard InChI is InChI=1S/C56H36N2O/c1-3-17-45-38(12-1)14-10-21-46(45)41-16-9-15-40(36-41)37-26-29-42(30-27-37)57(53-24-11-25-54-55(53)50-35-28-39-13-2-4-18-47(39)56(50)59-54)43-31-33-44(34-32-43)58-51-22-7-5-19-48(51)49-20-6-8-23-52(49)58/h1-36H/i31D,32D,33D,34D. The molecule has 3 heteroatoms. The minimum atomic E-state index is -0.157. The van der Waals surface area contributed by atoms with E-state index < -0.39 is 0 Å². The van der Waals surface area contributed by atoms with Gasteiger partial charge in [0.25, 0.3) is 0 Å². The number of rotatable bonds is 6. The summed E-state index contributed by atoms with van der Waals surface area (Å²) in [4.78, 5) is 1.87. The number of hydrogen-bond acceptors (Lipinski definition) is 2. The summed E-state index contributed by atoms with van der Waals surface area (Å²) in [5.41, 5.74) is 9.06. The largest absolute Gasteiger partial charge is 0.455 e. The summed E-state index contributed by atoms with van der Waals surface area (Å²) in [7, 11) is 0. The highest BCUT2D eigenvalue weighted by atomic mass is 16.3. The number of fused-ring (bicyclic) bond motifs is 9. The Bertz CT molecular complexity index is 3720. The van der Waals surface area contributed by atoms with E-state index in [1.807, 2.05) is 100 Å². The zero-order chi connectivity index (χ0) is 42.3. The van der Waals surface area contributed by atoms with Crippen LogP contribution >= 0.6 is 0 Å². The molecule has 0 spiro atoms. The predicted molar refractivity (Wildman–Crippen MR) is 249 cm³/mol. The molecule has 0 atom stereocenters. The fourth-order valence-corrected chi connectivity index (χ4v) is 8.94. The molecule has 10 aromatic carbocycles. The summed E-state index contributed by atoms with van der Waals surface area (Å²) in [6.45, 7) is 0. The number of benzene rings is 10. The van der Waals surface area contributed by atoms with Crippen molar-refractivity contribution in [3.63, 3.8) is 0 Å². The Kier molecular flexibility index (Phi) is 6.65. The third-order valence-corrected chi connectivity index (χ3v) is 11.7. The highest BCUT2D eigenvalue weighted by Gasteiger charge is 2.21. The van der Waals surface area contributed by atoms with E-state index in [1.165, 1.54) is 16.3 Å². The van der Waals surface area contributed by atoms with Crippen molar-refractivity contribution in [2.75, 3.05) is 4.90 Å². The molecule has 0 N–H and O–H groups in total. The molecule has 0 aliphatic heterocycles. The summed E-state index contributed by atoms with van der Waals surface area (Å²) in [6.07, 6.45) is 0. The minimum Gasteiger partial charge on any atom is -0.455 e. The van der Waals surface area contributed by atoms with Gasteiger partial charge < -0.3 is 13.9 Å². The molecule has 0 saturated carbocycles. The lowest BCUT2D eigenvalue weighted by atomic mass is 9.95. The van der Waals surface area contributed by atoms with Crippen LogP contribution in [0.5, 0.6) is 0 Å². The van der Waals surface area contributed by atoms with Gasteiger partial charge >= 0.3 is 0 Å². The normalized spacial score (nSPS) is 12.7. The fraction of sp³-hybridized carbons (Fsp3) is 0. The molecule has 0 radical (unpaired) electrons. The Balaban J connectivity index is 1.07. The highest BCUT2D eigenvalue weighted by Crippen LogP contribution is 2.45. The summed E-state index contributed by atoms with van der Waals surface area (Å²) in [5.74, 6) is 0. The number of nitrogens with zero attached hydrogens (tertiary/aromatic N) is 2. The summed E-state index contributed by atoms with van der Waals surface area (Å²) in [6, 6.07) is 64.9. The van der Waals surface area contributed by atoms with Gasteiger partial charge in [-0.25, -0.2) is 0 Å². The molecule has 276 valence electrons. The lowest BCUT2D eigenvalue weighted by Crippen LogP contribution is -2.10. The van der Waals surface area contributed by atoms with Crippen molar-refractivity contribution in [1.29, 1.82) is 0 Å². The molecule has 2 aromatic heterocycles. The third kappa shape index (κ3) is 5.36. The molecule has 0 saturated heterocycles. The smallest absolute Gasteiger partial charge is 0.143 e. The van der Waals surface area contributed by atoms with Gasteiger partial charge in [0.2, 0.25) is 0 Å². The van der Waals surface area contributed by atoms with E-state index in [2.05, 4.69) is 103 Å². The maximum absolute atomic E-state index is 9.83. The third-order valence-electron chi connectivity index (χ3n) is 11.7. The van der Waals surface area contributed by atoms with Gasteiger partial charge in [-0.05, 0) is 111 Å². The van der Waals surface area contributed by atoms with E-state index >= 15 is 0 Å². The van der Waals surface area contributed by atoms with Crippen LogP contribution < -0.4 is 4.90 Å². The molecule has 0 aliphatic rings. The van der Waals surface area contributed by atoms with Crippen LogP contribution in [-0.4, -0.2) is 4.57 Å². The van der Waals surface area contributed by atoms with E-state index in [1.54, 1.807) is 0 Å². The number of para-hydroxylation sites is 2. The van der Waals surface area contributed by atoms with Crippen LogP contribution in [0.4, 0.5) is 17.1 Å². The second kappa shape index (κ2) is 13.4. The lowest BCUT2D eigenvalue weighted by Gasteiger charge is -2.27. The van der Waals surface area contributed by atoms with Crippen LogP contribution in [0.25, 0.3) is 93.2 Å². The van der Waals surface area contributed by atoms with Crippen LogP contribution in [0.1, 0.15) is 5.48 Å². The second-order valence-corrected chi connectivity index (χ2v) is 15.0. The van der Waals surface area contributed by atoms with E-state index in [0.29, 0.717) is 17.0 Å². The Hall–Kier alpha value is -7.88. The van der Waals surface area contributed by atoms with Gasteiger partial charge in [0.15, 0.2) is 0 Å². The van der Waals surface area contributed by atoms with Crippen molar-refractivity contribution < 1.29 is 9.90 Å². The summed E-state index contributed by atoms with van der Waals surface area (Å²) >= 11 is 0. The molecule has 12 rings (SSSR count). The molecule has 0 bridgehead atoms. The first-order chi connectivity index (χ1) is 30.9. The van der Waals surface area contributed by atoms with Gasteiger partial charge in [0, 0.05) is 38.6 Å². The van der Waals surface area contributed by atoms with Crippen molar-refractivity contribution in [2.45, 2.75) is 0 Å². The molecule has 0 unspecified atom stereocenters. The van der Waals surface area contributed by atoms with Gasteiger partial charge in [-0.3, -0.25) is 0 Å². The second-order valence-electron chi connectivity index (χ2n) is 15.0. The van der Waals surface area contributed by atoms with Gasteiger partial charge in [-0.15, -0.1) is 0 Å². The summed E-state index contributed by atoms with van der Waals surface area (Å²) < 4.78 is 47.6. The monoisotopic (exact) mass is 756 g/mol. The minimum absolute atomic E-state index is 0.139. The number of hydrogen-bond donors (Lipinski definition) is 0. The zero-order valence-corrected chi connectivity index (χ0v) is 31.8. The number of aromatic nitrogens is 1. The first-order valence-electron chi connectivity index (χ1n) is 21.9. The Morgan fingerprint density at radius 1 is 0.424 bits per heavy atom. The van der Waals surface area contributed by atoms with Crippen LogP contribution in [0.2, 0.25) is 0 Å². The van der Waals surface area contributed by atoms with Crippen LogP contribution in [0.3, 0.4) is 0 Å². The molecule has 0 amide bonds. The maximum Gasteiger partial charge on any atom is 0.143 e. The number of furan rings is 1. The average Bonchev–Trinajstić information content (AvgIpc) is 3.89. The fourth-order valence-electron chi connectivity index (χ4n) is 8.94. The average molecular weight is 757 g/mol. The van der Waals surface area contributed by atoms with Crippen molar-refractivity contribution >= 4 is 82.4 Å². The summed E-state index contributed by atoms with van der Waals surface area (Å²) in [5, 5.41) is 8.09. The molecule has 2 heterocycles. The molecule has 0 aliphatic carbocycles. The molecule has 12 aromatic rings. The quantitative estimate of drug-likeness (QED) is 0.168. The van der Waals surface area contributed by atoms with Crippen molar-refractivity contribution in [3.8, 4) is 27.9 Å². The molecular weight excluding hydrogens is 717 g/mol. The molecule has 3 nitrogen and oxygen atoms in total.